The summed E-state index contributed by atoms with van der Waals surface area (Å²) in [5.74, 6) is 0.134. The molecule has 1 heterocycles. The van der Waals surface area contributed by atoms with Crippen molar-refractivity contribution in [3.63, 3.8) is 0 Å². The summed E-state index contributed by atoms with van der Waals surface area (Å²) in [6.07, 6.45) is 7.60. The fraction of sp³-hybridized carbons (Fsp3) is 0.543. The van der Waals surface area contributed by atoms with E-state index in [4.69, 9.17) is 0 Å². The first-order valence-corrected chi connectivity index (χ1v) is 15.3. The summed E-state index contributed by atoms with van der Waals surface area (Å²) >= 11 is 0. The van der Waals surface area contributed by atoms with Crippen LogP contribution >= 0.6 is 0 Å². The summed E-state index contributed by atoms with van der Waals surface area (Å²) in [5, 5.41) is 14.1. The zero-order valence-corrected chi connectivity index (χ0v) is 26.5. The molecule has 1 saturated heterocycles. The van der Waals surface area contributed by atoms with Crippen LogP contribution in [0.4, 0.5) is 5.69 Å². The van der Waals surface area contributed by atoms with Crippen molar-refractivity contribution in [1.29, 1.82) is 0 Å². The number of rotatable bonds is 10. The maximum absolute atomic E-state index is 13.5. The lowest BCUT2D eigenvalue weighted by atomic mass is 9.78. The van der Waals surface area contributed by atoms with Crippen molar-refractivity contribution in [2.45, 2.75) is 97.9 Å². The SMILES string of the molecule is CCCCN(C(=O)/C=C\c1cc(C(C)(C)C)c(O)c(C(C)(C)C)c1)c1ccc(C(=O)NCC2CCCN2CC)cc1. The third kappa shape index (κ3) is 8.45. The number of nitrogens with zero attached hydrogens (tertiary/aromatic N) is 2. The van der Waals surface area contributed by atoms with Crippen molar-refractivity contribution in [2.24, 2.45) is 0 Å². The molecule has 0 saturated carbocycles. The van der Waals surface area contributed by atoms with Crippen LogP contribution in [-0.2, 0) is 15.6 Å². The lowest BCUT2D eigenvalue weighted by Crippen LogP contribution is -2.40. The van der Waals surface area contributed by atoms with E-state index in [9.17, 15) is 14.7 Å². The van der Waals surface area contributed by atoms with Gasteiger partial charge in [-0.2, -0.15) is 0 Å². The van der Waals surface area contributed by atoms with E-state index in [-0.39, 0.29) is 22.6 Å². The lowest BCUT2D eigenvalue weighted by molar-refractivity contribution is -0.114. The summed E-state index contributed by atoms with van der Waals surface area (Å²) in [4.78, 5) is 30.5. The van der Waals surface area contributed by atoms with Crippen LogP contribution < -0.4 is 10.2 Å². The van der Waals surface area contributed by atoms with Gasteiger partial charge in [-0.3, -0.25) is 14.5 Å². The molecule has 1 aliphatic rings. The van der Waals surface area contributed by atoms with Gasteiger partial charge in [0, 0.05) is 47.6 Å². The van der Waals surface area contributed by atoms with E-state index in [2.05, 4.69) is 65.6 Å². The molecule has 0 bridgehead atoms. The predicted octanol–water partition coefficient (Wildman–Crippen LogP) is 7.05. The fourth-order valence-electron chi connectivity index (χ4n) is 5.48. The molecule has 2 aromatic rings. The van der Waals surface area contributed by atoms with Gasteiger partial charge in [0.15, 0.2) is 0 Å². The predicted molar refractivity (Wildman–Crippen MR) is 171 cm³/mol. The molecule has 1 atom stereocenters. The number of phenolic OH excluding ortho intramolecular Hbond substituents is 1. The van der Waals surface area contributed by atoms with E-state index in [0.717, 1.165) is 54.7 Å². The molecular formula is C35H51N3O3. The van der Waals surface area contributed by atoms with Gasteiger partial charge in [-0.1, -0.05) is 61.8 Å². The minimum Gasteiger partial charge on any atom is -0.507 e. The Labute approximate surface area is 247 Å². The largest absolute Gasteiger partial charge is 0.507 e. The zero-order chi connectivity index (χ0) is 30.4. The number of unbranched alkanes of at least 4 members (excludes halogenated alkanes) is 1. The average Bonchev–Trinajstić information content (AvgIpc) is 3.38. The summed E-state index contributed by atoms with van der Waals surface area (Å²) in [7, 11) is 0. The number of carbonyl (C=O) groups is 2. The Morgan fingerprint density at radius 1 is 1.02 bits per heavy atom. The third-order valence-corrected chi connectivity index (χ3v) is 8.01. The van der Waals surface area contributed by atoms with Gasteiger partial charge in [0.2, 0.25) is 0 Å². The molecule has 0 radical (unpaired) electrons. The van der Waals surface area contributed by atoms with Crippen molar-refractivity contribution >= 4 is 23.6 Å². The van der Waals surface area contributed by atoms with E-state index in [0.29, 0.717) is 30.4 Å². The Bertz CT molecular complexity index is 1180. The number of anilines is 1. The number of aromatic hydroxyl groups is 1. The van der Waals surface area contributed by atoms with Gasteiger partial charge in [0.1, 0.15) is 5.75 Å². The van der Waals surface area contributed by atoms with Gasteiger partial charge in [-0.15, -0.1) is 0 Å². The Hall–Kier alpha value is -3.12. The standard InChI is InChI=1S/C35H51N3O3/c1-9-11-21-38(27-17-15-26(16-18-27)33(41)36-24-28-13-12-20-37(28)10-2)31(39)19-14-25-22-29(34(3,4)5)32(40)30(23-25)35(6,7)8/h14-19,22-23,28,40H,9-13,20-21,24H2,1-8H3,(H,36,41)/b19-14-. The highest BCUT2D eigenvalue weighted by Gasteiger charge is 2.26. The number of hydrogen-bond donors (Lipinski definition) is 2. The maximum atomic E-state index is 13.5. The molecule has 6 heteroatoms. The number of nitrogens with one attached hydrogen (secondary N) is 1. The molecular weight excluding hydrogens is 510 g/mol. The number of hydrogen-bond acceptors (Lipinski definition) is 4. The van der Waals surface area contributed by atoms with Crippen LogP contribution in [0.5, 0.6) is 5.75 Å². The number of carbonyl (C=O) groups excluding carboxylic acids is 2. The number of amides is 2. The Balaban J connectivity index is 1.79. The van der Waals surface area contributed by atoms with Gasteiger partial charge in [-0.25, -0.2) is 0 Å². The van der Waals surface area contributed by atoms with Gasteiger partial charge in [0.05, 0.1) is 0 Å². The zero-order valence-electron chi connectivity index (χ0n) is 26.5. The molecule has 1 aliphatic heterocycles. The molecule has 0 aromatic heterocycles. The van der Waals surface area contributed by atoms with Crippen molar-refractivity contribution < 1.29 is 14.7 Å². The number of benzene rings is 2. The second-order valence-corrected chi connectivity index (χ2v) is 13.3. The van der Waals surface area contributed by atoms with Gasteiger partial charge < -0.3 is 15.3 Å². The molecule has 1 fully saturated rings. The van der Waals surface area contributed by atoms with Crippen LogP contribution in [0.3, 0.4) is 0 Å². The number of likely N-dealkylation sites (N-methyl/N-ethyl adjacent to an activating group) is 1. The molecule has 224 valence electrons. The maximum Gasteiger partial charge on any atom is 0.251 e. The van der Waals surface area contributed by atoms with Crippen molar-refractivity contribution in [3.8, 4) is 5.75 Å². The monoisotopic (exact) mass is 561 g/mol. The van der Waals surface area contributed by atoms with Crippen molar-refractivity contribution in [2.75, 3.05) is 31.1 Å². The summed E-state index contributed by atoms with van der Waals surface area (Å²) in [5.41, 5.74) is 3.50. The Morgan fingerprint density at radius 2 is 1.63 bits per heavy atom. The number of phenols is 1. The highest BCUT2D eigenvalue weighted by molar-refractivity contribution is 6.04. The van der Waals surface area contributed by atoms with Gasteiger partial charge in [-0.05, 0) is 91.2 Å². The normalized spacial score (nSPS) is 16.3. The van der Waals surface area contributed by atoms with Crippen LogP contribution in [0, 0.1) is 0 Å². The minimum absolute atomic E-state index is 0.0810. The molecule has 0 spiro atoms. The molecule has 1 unspecified atom stereocenters. The number of likely N-dealkylation sites (tertiary alicyclic amines) is 1. The van der Waals surface area contributed by atoms with Crippen LogP contribution in [0.15, 0.2) is 42.5 Å². The fourth-order valence-corrected chi connectivity index (χ4v) is 5.48. The molecule has 6 nitrogen and oxygen atoms in total. The summed E-state index contributed by atoms with van der Waals surface area (Å²) < 4.78 is 0. The quantitative estimate of drug-likeness (QED) is 0.305. The van der Waals surface area contributed by atoms with E-state index in [1.807, 2.05) is 30.3 Å². The summed E-state index contributed by atoms with van der Waals surface area (Å²) in [6, 6.07) is 11.7. The first kappa shape index (κ1) is 32.4. The molecule has 41 heavy (non-hydrogen) atoms. The van der Waals surface area contributed by atoms with E-state index >= 15 is 0 Å². The van der Waals surface area contributed by atoms with E-state index in [1.54, 1.807) is 23.1 Å². The smallest absolute Gasteiger partial charge is 0.251 e. The van der Waals surface area contributed by atoms with E-state index in [1.165, 1.54) is 6.42 Å². The molecule has 0 aliphatic carbocycles. The second kappa shape index (κ2) is 13.7. The van der Waals surface area contributed by atoms with Gasteiger partial charge >= 0.3 is 0 Å². The van der Waals surface area contributed by atoms with E-state index < -0.39 is 0 Å². The topological polar surface area (TPSA) is 72.9 Å². The van der Waals surface area contributed by atoms with Crippen LogP contribution in [-0.4, -0.2) is 54.0 Å². The molecule has 2 amide bonds. The average molecular weight is 562 g/mol. The van der Waals surface area contributed by atoms with Gasteiger partial charge in [0.25, 0.3) is 11.8 Å². The van der Waals surface area contributed by atoms with Crippen LogP contribution in [0.25, 0.3) is 6.08 Å². The lowest BCUT2D eigenvalue weighted by Gasteiger charge is -2.28. The summed E-state index contributed by atoms with van der Waals surface area (Å²) in [6.45, 7) is 20.1. The molecule has 2 N–H and O–H groups in total. The third-order valence-electron chi connectivity index (χ3n) is 8.01. The minimum atomic E-state index is -0.244. The van der Waals surface area contributed by atoms with Crippen LogP contribution in [0.2, 0.25) is 0 Å². The highest BCUT2D eigenvalue weighted by atomic mass is 16.3. The van der Waals surface area contributed by atoms with Crippen molar-refractivity contribution in [1.82, 2.24) is 10.2 Å². The molecule has 3 rings (SSSR count). The first-order valence-electron chi connectivity index (χ1n) is 15.3. The second-order valence-electron chi connectivity index (χ2n) is 13.3. The first-order chi connectivity index (χ1) is 19.3. The Morgan fingerprint density at radius 3 is 2.17 bits per heavy atom. The highest BCUT2D eigenvalue weighted by Crippen LogP contribution is 2.40. The van der Waals surface area contributed by atoms with Crippen LogP contribution in [0.1, 0.15) is 108 Å². The Kier molecular flexibility index (Phi) is 10.8. The molecule has 2 aromatic carbocycles. The van der Waals surface area contributed by atoms with Crippen molar-refractivity contribution in [3.05, 3.63) is 64.7 Å².